The fourth-order valence-corrected chi connectivity index (χ4v) is 2.44. The molecule has 0 fully saturated rings. The summed E-state index contributed by atoms with van der Waals surface area (Å²) in [6, 6.07) is 5.09. The van der Waals surface area contributed by atoms with Gasteiger partial charge in [0.05, 0.1) is 6.04 Å². The molecule has 1 unspecified atom stereocenters. The Morgan fingerprint density at radius 2 is 2.19 bits per heavy atom. The lowest BCUT2D eigenvalue weighted by Crippen LogP contribution is -2.27. The lowest BCUT2D eigenvalue weighted by Gasteiger charge is -2.12. The van der Waals surface area contributed by atoms with Crippen molar-refractivity contribution in [3.63, 3.8) is 0 Å². The molecule has 2 rings (SSSR count). The van der Waals surface area contributed by atoms with Crippen molar-refractivity contribution in [2.75, 3.05) is 0 Å². The van der Waals surface area contributed by atoms with Crippen molar-refractivity contribution < 1.29 is 14.7 Å². The van der Waals surface area contributed by atoms with Gasteiger partial charge in [-0.2, -0.15) is 11.3 Å². The molecule has 0 aromatic carbocycles. The lowest BCUT2D eigenvalue weighted by molar-refractivity contribution is -0.131. The number of carboxylic acids is 1. The van der Waals surface area contributed by atoms with E-state index in [-0.39, 0.29) is 11.9 Å². The minimum Gasteiger partial charge on any atom is -0.478 e. The van der Waals surface area contributed by atoms with Gasteiger partial charge >= 0.3 is 5.97 Å². The molecular formula is C15H14N2O3S. The first kappa shape index (κ1) is 14.9. The van der Waals surface area contributed by atoms with Gasteiger partial charge in [-0.1, -0.05) is 6.07 Å². The van der Waals surface area contributed by atoms with Crippen LogP contribution in [0.1, 0.15) is 34.6 Å². The summed E-state index contributed by atoms with van der Waals surface area (Å²) in [5.41, 5.74) is 1.97. The van der Waals surface area contributed by atoms with Crippen LogP contribution in [0.3, 0.4) is 0 Å². The maximum absolute atomic E-state index is 12.0. The molecule has 2 aromatic heterocycles. The number of aliphatic carboxylic acids is 1. The third-order valence-corrected chi connectivity index (χ3v) is 3.53. The van der Waals surface area contributed by atoms with Crippen molar-refractivity contribution in [1.29, 1.82) is 0 Å². The van der Waals surface area contributed by atoms with Crippen LogP contribution in [0.5, 0.6) is 0 Å². The van der Waals surface area contributed by atoms with Crippen molar-refractivity contribution in [3.05, 3.63) is 58.1 Å². The van der Waals surface area contributed by atoms with Crippen molar-refractivity contribution in [2.24, 2.45) is 0 Å². The van der Waals surface area contributed by atoms with E-state index in [1.54, 1.807) is 23.5 Å². The SMILES string of the molecule is CC(NC(=O)c1ccc(C=CC(=O)O)cn1)c1ccsc1. The summed E-state index contributed by atoms with van der Waals surface area (Å²) in [6.07, 6.45) is 3.91. The number of carbonyl (C=O) groups excluding carboxylic acids is 1. The fourth-order valence-electron chi connectivity index (χ4n) is 1.68. The Morgan fingerprint density at radius 3 is 2.76 bits per heavy atom. The van der Waals surface area contributed by atoms with Crippen LogP contribution < -0.4 is 5.32 Å². The molecule has 0 aliphatic rings. The maximum Gasteiger partial charge on any atom is 0.328 e. The van der Waals surface area contributed by atoms with Gasteiger partial charge in [-0.25, -0.2) is 4.79 Å². The van der Waals surface area contributed by atoms with Crippen LogP contribution in [0, 0.1) is 0 Å². The average molecular weight is 302 g/mol. The zero-order valence-electron chi connectivity index (χ0n) is 11.3. The fraction of sp³-hybridized carbons (Fsp3) is 0.133. The zero-order chi connectivity index (χ0) is 15.2. The van der Waals surface area contributed by atoms with E-state index in [0.717, 1.165) is 11.6 Å². The molecule has 2 heterocycles. The molecule has 6 heteroatoms. The number of hydrogen-bond acceptors (Lipinski definition) is 4. The highest BCUT2D eigenvalue weighted by Crippen LogP contribution is 2.16. The van der Waals surface area contributed by atoms with E-state index in [1.165, 1.54) is 12.3 Å². The van der Waals surface area contributed by atoms with E-state index in [1.807, 2.05) is 23.8 Å². The first-order valence-corrected chi connectivity index (χ1v) is 7.20. The highest BCUT2D eigenvalue weighted by molar-refractivity contribution is 7.07. The quantitative estimate of drug-likeness (QED) is 0.832. The van der Waals surface area contributed by atoms with Gasteiger partial charge in [0.2, 0.25) is 0 Å². The molecule has 0 saturated heterocycles. The molecule has 0 saturated carbocycles. The normalized spacial score (nSPS) is 12.2. The largest absolute Gasteiger partial charge is 0.478 e. The number of amides is 1. The smallest absolute Gasteiger partial charge is 0.328 e. The molecule has 0 aliphatic carbocycles. The molecule has 0 radical (unpaired) electrons. The molecule has 2 aromatic rings. The molecule has 21 heavy (non-hydrogen) atoms. The number of nitrogens with one attached hydrogen (secondary N) is 1. The molecule has 0 bridgehead atoms. The van der Waals surface area contributed by atoms with Crippen LogP contribution in [0.4, 0.5) is 0 Å². The van der Waals surface area contributed by atoms with Crippen LogP contribution in [-0.4, -0.2) is 22.0 Å². The molecule has 1 atom stereocenters. The molecule has 0 spiro atoms. The Morgan fingerprint density at radius 1 is 1.38 bits per heavy atom. The number of nitrogens with zero attached hydrogens (tertiary/aromatic N) is 1. The summed E-state index contributed by atoms with van der Waals surface area (Å²) >= 11 is 1.58. The summed E-state index contributed by atoms with van der Waals surface area (Å²) < 4.78 is 0. The Balaban J connectivity index is 2.01. The number of aromatic nitrogens is 1. The van der Waals surface area contributed by atoms with Crippen molar-refractivity contribution >= 4 is 29.3 Å². The van der Waals surface area contributed by atoms with Gasteiger partial charge < -0.3 is 10.4 Å². The highest BCUT2D eigenvalue weighted by Gasteiger charge is 2.12. The first-order chi connectivity index (χ1) is 10.1. The second-order valence-corrected chi connectivity index (χ2v) is 5.18. The van der Waals surface area contributed by atoms with E-state index in [0.29, 0.717) is 11.3 Å². The zero-order valence-corrected chi connectivity index (χ0v) is 12.1. The predicted octanol–water partition coefficient (Wildman–Crippen LogP) is 2.73. The third-order valence-electron chi connectivity index (χ3n) is 2.83. The predicted molar refractivity (Wildman–Crippen MR) is 81.1 cm³/mol. The van der Waals surface area contributed by atoms with Crippen molar-refractivity contribution in [2.45, 2.75) is 13.0 Å². The molecule has 1 amide bonds. The van der Waals surface area contributed by atoms with Gasteiger partial charge in [-0.3, -0.25) is 9.78 Å². The Kier molecular flexibility index (Phi) is 4.84. The number of pyridine rings is 1. The van der Waals surface area contributed by atoms with E-state index in [2.05, 4.69) is 10.3 Å². The molecule has 2 N–H and O–H groups in total. The van der Waals surface area contributed by atoms with Gasteiger partial charge in [-0.05, 0) is 47.0 Å². The van der Waals surface area contributed by atoms with Crippen molar-refractivity contribution in [1.82, 2.24) is 10.3 Å². The summed E-state index contributed by atoms with van der Waals surface area (Å²) in [7, 11) is 0. The second-order valence-electron chi connectivity index (χ2n) is 4.40. The number of hydrogen-bond donors (Lipinski definition) is 2. The summed E-state index contributed by atoms with van der Waals surface area (Å²) in [5, 5.41) is 15.3. The Bertz CT molecular complexity index is 648. The first-order valence-electron chi connectivity index (χ1n) is 6.26. The minimum absolute atomic E-state index is 0.0860. The highest BCUT2D eigenvalue weighted by atomic mass is 32.1. The van der Waals surface area contributed by atoms with Crippen LogP contribution in [0.25, 0.3) is 6.08 Å². The van der Waals surface area contributed by atoms with E-state index in [9.17, 15) is 9.59 Å². The minimum atomic E-state index is -1.03. The monoisotopic (exact) mass is 302 g/mol. The van der Waals surface area contributed by atoms with Gasteiger partial charge in [0.25, 0.3) is 5.91 Å². The second kappa shape index (κ2) is 6.81. The lowest BCUT2D eigenvalue weighted by atomic mass is 10.1. The van der Waals surface area contributed by atoms with E-state index in [4.69, 9.17) is 5.11 Å². The van der Waals surface area contributed by atoms with Crippen LogP contribution in [0.2, 0.25) is 0 Å². The summed E-state index contributed by atoms with van der Waals surface area (Å²) in [6.45, 7) is 1.91. The Hall–Kier alpha value is -2.47. The molecular weight excluding hydrogens is 288 g/mol. The topological polar surface area (TPSA) is 79.3 Å². The molecule has 108 valence electrons. The Labute approximate surface area is 126 Å². The number of rotatable bonds is 5. The maximum atomic E-state index is 12.0. The van der Waals surface area contributed by atoms with E-state index < -0.39 is 5.97 Å². The number of carbonyl (C=O) groups is 2. The third kappa shape index (κ3) is 4.25. The van der Waals surface area contributed by atoms with Crippen molar-refractivity contribution in [3.8, 4) is 0 Å². The standard InChI is InChI=1S/C15H14N2O3S/c1-10(12-6-7-21-9-12)17-15(20)13-4-2-11(8-16-13)3-5-14(18)19/h2-10H,1H3,(H,17,20)(H,18,19). The number of thiophene rings is 1. The number of carboxylic acid groups (broad SMARTS) is 1. The average Bonchev–Trinajstić information content (AvgIpc) is 3.00. The van der Waals surface area contributed by atoms with Crippen LogP contribution in [0.15, 0.2) is 41.2 Å². The molecule has 5 nitrogen and oxygen atoms in total. The van der Waals surface area contributed by atoms with Gasteiger partial charge in [0.15, 0.2) is 0 Å². The van der Waals surface area contributed by atoms with Crippen LogP contribution in [-0.2, 0) is 4.79 Å². The van der Waals surface area contributed by atoms with Gasteiger partial charge in [0, 0.05) is 12.3 Å². The van der Waals surface area contributed by atoms with Crippen LogP contribution >= 0.6 is 11.3 Å². The van der Waals surface area contributed by atoms with Gasteiger partial charge in [0.1, 0.15) is 5.69 Å². The van der Waals surface area contributed by atoms with Gasteiger partial charge in [-0.15, -0.1) is 0 Å². The summed E-state index contributed by atoms with van der Waals surface area (Å²) in [5.74, 6) is -1.29. The molecule has 0 aliphatic heterocycles. The summed E-state index contributed by atoms with van der Waals surface area (Å²) in [4.78, 5) is 26.5. The van der Waals surface area contributed by atoms with E-state index >= 15 is 0 Å².